The molecule has 1 unspecified atom stereocenters. The lowest BCUT2D eigenvalue weighted by atomic mass is 10.1. The zero-order chi connectivity index (χ0) is 9.80. The number of hydrogen-bond donors (Lipinski definition) is 1. The smallest absolute Gasteiger partial charge is 0.0814 e. The SMILES string of the molecule is Brc1ccc(COC2CCCNC2)s1. The third-order valence-corrected chi connectivity index (χ3v) is 3.94. The number of hydrogen-bond acceptors (Lipinski definition) is 3. The molecule has 14 heavy (non-hydrogen) atoms. The van der Waals surface area contributed by atoms with Gasteiger partial charge in [0.15, 0.2) is 0 Å². The Morgan fingerprint density at radius 1 is 1.57 bits per heavy atom. The number of nitrogens with one attached hydrogen (secondary N) is 1. The summed E-state index contributed by atoms with van der Waals surface area (Å²) in [7, 11) is 0. The molecule has 78 valence electrons. The van der Waals surface area contributed by atoms with Gasteiger partial charge >= 0.3 is 0 Å². The first-order valence-corrected chi connectivity index (χ1v) is 6.52. The first kappa shape index (κ1) is 10.6. The van der Waals surface area contributed by atoms with Gasteiger partial charge in [-0.1, -0.05) is 0 Å². The molecular weight excluding hydrogens is 262 g/mol. The minimum Gasteiger partial charge on any atom is -0.371 e. The fourth-order valence-corrected chi connectivity index (χ4v) is 3.00. The summed E-state index contributed by atoms with van der Waals surface area (Å²) in [5, 5.41) is 3.35. The van der Waals surface area contributed by atoms with Crippen LogP contribution in [0.5, 0.6) is 0 Å². The molecular formula is C10H14BrNOS. The summed E-state index contributed by atoms with van der Waals surface area (Å²) in [6.45, 7) is 2.90. The highest BCUT2D eigenvalue weighted by molar-refractivity contribution is 9.11. The quantitative estimate of drug-likeness (QED) is 0.916. The van der Waals surface area contributed by atoms with Gasteiger partial charge in [0.25, 0.3) is 0 Å². The topological polar surface area (TPSA) is 21.3 Å². The van der Waals surface area contributed by atoms with Crippen LogP contribution < -0.4 is 5.32 Å². The van der Waals surface area contributed by atoms with Crippen LogP contribution in [0, 0.1) is 0 Å². The van der Waals surface area contributed by atoms with E-state index in [0.29, 0.717) is 6.10 Å². The molecule has 1 N–H and O–H groups in total. The fourth-order valence-electron chi connectivity index (χ4n) is 1.59. The maximum atomic E-state index is 5.81. The van der Waals surface area contributed by atoms with Crippen LogP contribution in [0.15, 0.2) is 15.9 Å². The van der Waals surface area contributed by atoms with E-state index in [1.807, 2.05) is 0 Å². The Labute approximate surface area is 96.8 Å². The number of thiophene rings is 1. The molecule has 0 radical (unpaired) electrons. The third-order valence-electron chi connectivity index (χ3n) is 2.34. The van der Waals surface area contributed by atoms with Crippen LogP contribution in [-0.2, 0) is 11.3 Å². The molecule has 0 bridgehead atoms. The zero-order valence-electron chi connectivity index (χ0n) is 7.96. The maximum Gasteiger partial charge on any atom is 0.0814 e. The van der Waals surface area contributed by atoms with Crippen LogP contribution in [0.1, 0.15) is 17.7 Å². The normalized spacial score (nSPS) is 22.5. The molecule has 0 aromatic carbocycles. The van der Waals surface area contributed by atoms with E-state index in [0.717, 1.165) is 19.7 Å². The summed E-state index contributed by atoms with van der Waals surface area (Å²) >= 11 is 5.20. The van der Waals surface area contributed by atoms with Gasteiger partial charge in [0, 0.05) is 11.4 Å². The van der Waals surface area contributed by atoms with Gasteiger partial charge in [-0.25, -0.2) is 0 Å². The molecule has 1 fully saturated rings. The van der Waals surface area contributed by atoms with Crippen LogP contribution >= 0.6 is 27.3 Å². The Morgan fingerprint density at radius 3 is 3.14 bits per heavy atom. The van der Waals surface area contributed by atoms with Gasteiger partial charge in [0.1, 0.15) is 0 Å². The summed E-state index contributed by atoms with van der Waals surface area (Å²) in [6.07, 6.45) is 2.84. The summed E-state index contributed by atoms with van der Waals surface area (Å²) in [5.41, 5.74) is 0. The Balaban J connectivity index is 1.76. The van der Waals surface area contributed by atoms with Crippen LogP contribution in [0.2, 0.25) is 0 Å². The molecule has 1 atom stereocenters. The monoisotopic (exact) mass is 275 g/mol. The van der Waals surface area contributed by atoms with Crippen molar-refractivity contribution in [2.45, 2.75) is 25.6 Å². The standard InChI is InChI=1S/C10H14BrNOS/c11-10-4-3-9(14-10)7-13-8-2-1-5-12-6-8/h3-4,8,12H,1-2,5-7H2. The number of ether oxygens (including phenoxy) is 1. The molecule has 1 aromatic heterocycles. The first-order valence-electron chi connectivity index (χ1n) is 4.91. The van der Waals surface area contributed by atoms with E-state index < -0.39 is 0 Å². The molecule has 0 saturated carbocycles. The van der Waals surface area contributed by atoms with Gasteiger partial charge in [-0.3, -0.25) is 0 Å². The molecule has 1 saturated heterocycles. The van der Waals surface area contributed by atoms with Gasteiger partial charge < -0.3 is 10.1 Å². The highest BCUT2D eigenvalue weighted by atomic mass is 79.9. The fraction of sp³-hybridized carbons (Fsp3) is 0.600. The van der Waals surface area contributed by atoms with E-state index >= 15 is 0 Å². The van der Waals surface area contributed by atoms with E-state index in [4.69, 9.17) is 4.74 Å². The van der Waals surface area contributed by atoms with Crippen molar-refractivity contribution in [3.8, 4) is 0 Å². The Bertz CT molecular complexity index is 283. The maximum absolute atomic E-state index is 5.81. The van der Waals surface area contributed by atoms with E-state index in [-0.39, 0.29) is 0 Å². The van der Waals surface area contributed by atoms with Crippen molar-refractivity contribution in [1.82, 2.24) is 5.32 Å². The number of rotatable bonds is 3. The van der Waals surface area contributed by atoms with Crippen LogP contribution in [0.25, 0.3) is 0 Å². The van der Waals surface area contributed by atoms with Gasteiger partial charge in [-0.15, -0.1) is 11.3 Å². The average molecular weight is 276 g/mol. The second-order valence-corrected chi connectivity index (χ2v) is 6.03. The molecule has 0 spiro atoms. The molecule has 0 aliphatic carbocycles. The molecule has 1 aliphatic rings. The molecule has 2 heterocycles. The Morgan fingerprint density at radius 2 is 2.50 bits per heavy atom. The van der Waals surface area contributed by atoms with Crippen molar-refractivity contribution in [3.63, 3.8) is 0 Å². The number of piperidine rings is 1. The molecule has 4 heteroatoms. The number of halogens is 1. The predicted octanol–water partition coefficient (Wildman–Crippen LogP) is 2.78. The lowest BCUT2D eigenvalue weighted by molar-refractivity contribution is 0.0267. The highest BCUT2D eigenvalue weighted by Gasteiger charge is 2.13. The third kappa shape index (κ3) is 3.05. The zero-order valence-corrected chi connectivity index (χ0v) is 10.4. The van der Waals surface area contributed by atoms with Gasteiger partial charge in [0.2, 0.25) is 0 Å². The second kappa shape index (κ2) is 5.26. The lowest BCUT2D eigenvalue weighted by Gasteiger charge is -2.22. The van der Waals surface area contributed by atoms with Crippen LogP contribution in [0.3, 0.4) is 0 Å². The van der Waals surface area contributed by atoms with Crippen LogP contribution in [-0.4, -0.2) is 19.2 Å². The Kier molecular flexibility index (Phi) is 3.99. The molecule has 2 nitrogen and oxygen atoms in total. The van der Waals surface area contributed by atoms with Gasteiger partial charge in [-0.05, 0) is 47.4 Å². The van der Waals surface area contributed by atoms with E-state index in [1.54, 1.807) is 11.3 Å². The van der Waals surface area contributed by atoms with Crippen molar-refractivity contribution in [1.29, 1.82) is 0 Å². The molecule has 2 rings (SSSR count). The van der Waals surface area contributed by atoms with Crippen molar-refractivity contribution in [2.75, 3.05) is 13.1 Å². The minimum absolute atomic E-state index is 0.407. The largest absolute Gasteiger partial charge is 0.371 e. The van der Waals surface area contributed by atoms with Crippen LogP contribution in [0.4, 0.5) is 0 Å². The van der Waals surface area contributed by atoms with E-state index in [2.05, 4.69) is 33.4 Å². The van der Waals surface area contributed by atoms with Gasteiger partial charge in [0.05, 0.1) is 16.5 Å². The van der Waals surface area contributed by atoms with Crippen molar-refractivity contribution >= 4 is 27.3 Å². The highest BCUT2D eigenvalue weighted by Crippen LogP contribution is 2.23. The molecule has 0 amide bonds. The molecule has 1 aliphatic heterocycles. The second-order valence-electron chi connectivity index (χ2n) is 3.49. The van der Waals surface area contributed by atoms with Crippen molar-refractivity contribution in [3.05, 3.63) is 20.8 Å². The summed E-state index contributed by atoms with van der Waals surface area (Å²) in [5.74, 6) is 0. The summed E-state index contributed by atoms with van der Waals surface area (Å²) in [6, 6.07) is 4.19. The van der Waals surface area contributed by atoms with E-state index in [1.165, 1.54) is 21.5 Å². The van der Waals surface area contributed by atoms with Gasteiger partial charge in [-0.2, -0.15) is 0 Å². The summed E-state index contributed by atoms with van der Waals surface area (Å²) < 4.78 is 6.99. The van der Waals surface area contributed by atoms with E-state index in [9.17, 15) is 0 Å². The van der Waals surface area contributed by atoms with Crippen molar-refractivity contribution in [2.24, 2.45) is 0 Å². The summed E-state index contributed by atoms with van der Waals surface area (Å²) in [4.78, 5) is 1.29. The Hall–Kier alpha value is 0.1000. The lowest BCUT2D eigenvalue weighted by Crippen LogP contribution is -2.35. The van der Waals surface area contributed by atoms with Crippen molar-refractivity contribution < 1.29 is 4.74 Å². The average Bonchev–Trinajstić information content (AvgIpc) is 2.63. The predicted molar refractivity (Wildman–Crippen MR) is 62.7 cm³/mol. The molecule has 1 aromatic rings. The first-order chi connectivity index (χ1) is 6.84. The minimum atomic E-state index is 0.407.